The van der Waals surface area contributed by atoms with Gasteiger partial charge in [-0.3, -0.25) is 14.3 Å². The molecule has 2 aliphatic rings. The first-order chi connectivity index (χ1) is 13.7. The van der Waals surface area contributed by atoms with Gasteiger partial charge in [-0.1, -0.05) is 17.3 Å². The van der Waals surface area contributed by atoms with E-state index >= 15 is 0 Å². The number of benzene rings is 1. The fourth-order valence-corrected chi connectivity index (χ4v) is 4.09. The van der Waals surface area contributed by atoms with Crippen LogP contribution in [0.1, 0.15) is 31.0 Å². The maximum absolute atomic E-state index is 12.8. The molecule has 2 aliphatic heterocycles. The van der Waals surface area contributed by atoms with Crippen molar-refractivity contribution in [3.05, 3.63) is 42.4 Å². The molecule has 0 spiro atoms. The molecule has 0 N–H and O–H groups in total. The fraction of sp³-hybridized carbons (Fsp3) is 0.400. The highest BCUT2D eigenvalue weighted by Crippen LogP contribution is 2.27. The van der Waals surface area contributed by atoms with Crippen LogP contribution in [-0.4, -0.2) is 51.3 Å². The van der Waals surface area contributed by atoms with Gasteiger partial charge in [-0.2, -0.15) is 5.10 Å². The van der Waals surface area contributed by atoms with Crippen molar-refractivity contribution in [3.63, 3.8) is 0 Å². The van der Waals surface area contributed by atoms with Crippen LogP contribution in [0.3, 0.4) is 0 Å². The Morgan fingerprint density at radius 3 is 3.00 bits per heavy atom. The number of para-hydroxylation sites is 1. The zero-order valence-electron chi connectivity index (χ0n) is 15.5. The second-order valence-electron chi connectivity index (χ2n) is 7.41. The van der Waals surface area contributed by atoms with Crippen LogP contribution >= 0.6 is 0 Å². The van der Waals surface area contributed by atoms with E-state index in [9.17, 15) is 9.59 Å². The molecule has 144 valence electrons. The second-order valence-corrected chi connectivity index (χ2v) is 7.41. The molecule has 4 heterocycles. The molecule has 1 aromatic carbocycles. The molecule has 8 nitrogen and oxygen atoms in total. The standard InChI is InChI=1S/C20H21N5O3/c26-19-6-3-8-24(19)15-11-21-25(13-15)14-7-9-23(12-14)20(27)10-17-16-4-1-2-5-18(16)28-22-17/h1-2,4-5,11,13-14H,3,6-10,12H2. The minimum Gasteiger partial charge on any atom is -0.356 e. The van der Waals surface area contributed by atoms with Gasteiger partial charge in [0.15, 0.2) is 5.58 Å². The Hall–Kier alpha value is -3.16. The van der Waals surface area contributed by atoms with Crippen LogP contribution < -0.4 is 4.90 Å². The summed E-state index contributed by atoms with van der Waals surface area (Å²) in [5, 5.41) is 9.39. The molecule has 2 aromatic heterocycles. The van der Waals surface area contributed by atoms with Crippen molar-refractivity contribution in [1.82, 2.24) is 19.8 Å². The summed E-state index contributed by atoms with van der Waals surface area (Å²) in [6.45, 7) is 2.06. The maximum atomic E-state index is 12.8. The molecule has 0 radical (unpaired) electrons. The molecule has 5 rings (SSSR count). The predicted molar refractivity (Wildman–Crippen MR) is 102 cm³/mol. The Labute approximate surface area is 161 Å². The fourth-order valence-electron chi connectivity index (χ4n) is 4.09. The van der Waals surface area contributed by atoms with E-state index in [-0.39, 0.29) is 24.3 Å². The van der Waals surface area contributed by atoms with E-state index < -0.39 is 0 Å². The highest BCUT2D eigenvalue weighted by atomic mass is 16.5. The van der Waals surface area contributed by atoms with Crippen LogP contribution in [0.2, 0.25) is 0 Å². The summed E-state index contributed by atoms with van der Waals surface area (Å²) >= 11 is 0. The average Bonchev–Trinajstić information content (AvgIpc) is 3.48. The third-order valence-corrected chi connectivity index (χ3v) is 5.63. The SMILES string of the molecule is O=C(Cc1noc2ccccc12)N1CCC(n2cc(N3CCCC3=O)cn2)C1. The summed E-state index contributed by atoms with van der Waals surface area (Å²) in [6.07, 6.45) is 6.25. The van der Waals surface area contributed by atoms with E-state index in [1.807, 2.05) is 40.0 Å². The molecule has 8 heteroatoms. The summed E-state index contributed by atoms with van der Waals surface area (Å²) in [6, 6.07) is 7.71. The molecule has 2 amide bonds. The van der Waals surface area contributed by atoms with Crippen molar-refractivity contribution in [2.75, 3.05) is 24.5 Å². The number of rotatable bonds is 4. The topological polar surface area (TPSA) is 84.5 Å². The normalized spacial score (nSPS) is 19.9. The first kappa shape index (κ1) is 17.0. The van der Waals surface area contributed by atoms with Crippen molar-refractivity contribution < 1.29 is 14.1 Å². The van der Waals surface area contributed by atoms with Crippen molar-refractivity contribution in [1.29, 1.82) is 0 Å². The van der Waals surface area contributed by atoms with Crippen LogP contribution in [0.4, 0.5) is 5.69 Å². The third-order valence-electron chi connectivity index (χ3n) is 5.63. The van der Waals surface area contributed by atoms with Gasteiger partial charge in [-0.25, -0.2) is 0 Å². The van der Waals surface area contributed by atoms with Crippen molar-refractivity contribution >= 4 is 28.5 Å². The van der Waals surface area contributed by atoms with E-state index in [0.29, 0.717) is 30.8 Å². The number of fused-ring (bicyclic) bond motifs is 1. The Morgan fingerprint density at radius 1 is 1.25 bits per heavy atom. The lowest BCUT2D eigenvalue weighted by Crippen LogP contribution is -2.30. The summed E-state index contributed by atoms with van der Waals surface area (Å²) in [4.78, 5) is 28.3. The highest BCUT2D eigenvalue weighted by molar-refractivity contribution is 5.95. The maximum Gasteiger partial charge on any atom is 0.228 e. The van der Waals surface area contributed by atoms with Crippen molar-refractivity contribution in [2.45, 2.75) is 31.7 Å². The Bertz CT molecular complexity index is 1040. The van der Waals surface area contributed by atoms with Gasteiger partial charge in [-0.05, 0) is 25.0 Å². The molecule has 28 heavy (non-hydrogen) atoms. The lowest BCUT2D eigenvalue weighted by molar-refractivity contribution is -0.129. The number of carbonyl (C=O) groups excluding carboxylic acids is 2. The van der Waals surface area contributed by atoms with E-state index in [0.717, 1.165) is 30.5 Å². The number of amides is 2. The summed E-state index contributed by atoms with van der Waals surface area (Å²) in [5.74, 6) is 0.200. The number of likely N-dealkylation sites (tertiary alicyclic amines) is 1. The lowest BCUT2D eigenvalue weighted by atomic mass is 10.1. The molecule has 0 aliphatic carbocycles. The molecule has 0 bridgehead atoms. The zero-order chi connectivity index (χ0) is 19.1. The van der Waals surface area contributed by atoms with Crippen LogP contribution in [0.5, 0.6) is 0 Å². The van der Waals surface area contributed by atoms with Gasteiger partial charge in [0.25, 0.3) is 0 Å². The molecule has 3 aromatic rings. The summed E-state index contributed by atoms with van der Waals surface area (Å²) in [7, 11) is 0. The van der Waals surface area contributed by atoms with Crippen molar-refractivity contribution in [3.8, 4) is 0 Å². The van der Waals surface area contributed by atoms with Gasteiger partial charge in [-0.15, -0.1) is 0 Å². The number of hydrogen-bond acceptors (Lipinski definition) is 5. The third kappa shape index (κ3) is 2.94. The van der Waals surface area contributed by atoms with Gasteiger partial charge in [0.05, 0.1) is 24.3 Å². The molecule has 1 unspecified atom stereocenters. The Kier molecular flexibility index (Phi) is 4.11. The summed E-state index contributed by atoms with van der Waals surface area (Å²) in [5.41, 5.74) is 2.23. The van der Waals surface area contributed by atoms with Gasteiger partial charge in [0.2, 0.25) is 11.8 Å². The quantitative estimate of drug-likeness (QED) is 0.694. The first-order valence-electron chi connectivity index (χ1n) is 9.64. The number of carbonyl (C=O) groups is 2. The monoisotopic (exact) mass is 379 g/mol. The van der Waals surface area contributed by atoms with Gasteiger partial charge in [0, 0.05) is 37.6 Å². The number of anilines is 1. The Balaban J connectivity index is 1.25. The molecule has 2 saturated heterocycles. The van der Waals surface area contributed by atoms with Gasteiger partial charge in [0.1, 0.15) is 5.69 Å². The predicted octanol–water partition coefficient (Wildman–Crippen LogP) is 2.17. The molecular formula is C20H21N5O3. The number of hydrogen-bond donors (Lipinski definition) is 0. The first-order valence-corrected chi connectivity index (χ1v) is 9.64. The zero-order valence-corrected chi connectivity index (χ0v) is 15.5. The number of aromatic nitrogens is 3. The van der Waals surface area contributed by atoms with Crippen LogP contribution in [0.25, 0.3) is 11.0 Å². The molecule has 2 fully saturated rings. The van der Waals surface area contributed by atoms with Crippen molar-refractivity contribution in [2.24, 2.45) is 0 Å². The molecular weight excluding hydrogens is 358 g/mol. The highest BCUT2D eigenvalue weighted by Gasteiger charge is 2.30. The van der Waals surface area contributed by atoms with Crippen LogP contribution in [0.15, 0.2) is 41.2 Å². The van der Waals surface area contributed by atoms with E-state index in [1.165, 1.54) is 0 Å². The van der Waals surface area contributed by atoms with E-state index in [1.54, 1.807) is 11.1 Å². The largest absolute Gasteiger partial charge is 0.356 e. The van der Waals surface area contributed by atoms with Crippen LogP contribution in [0, 0.1) is 0 Å². The second kappa shape index (κ2) is 6.78. The van der Waals surface area contributed by atoms with Gasteiger partial charge < -0.3 is 14.3 Å². The molecule has 0 saturated carbocycles. The summed E-state index contributed by atoms with van der Waals surface area (Å²) < 4.78 is 7.18. The number of nitrogens with zero attached hydrogens (tertiary/aromatic N) is 5. The van der Waals surface area contributed by atoms with Gasteiger partial charge >= 0.3 is 0 Å². The Morgan fingerprint density at radius 2 is 2.14 bits per heavy atom. The van der Waals surface area contributed by atoms with E-state index in [2.05, 4.69) is 10.3 Å². The minimum absolute atomic E-state index is 0.0450. The average molecular weight is 379 g/mol. The lowest BCUT2D eigenvalue weighted by Gasteiger charge is -2.16. The van der Waals surface area contributed by atoms with E-state index in [4.69, 9.17) is 4.52 Å². The minimum atomic E-state index is 0.0450. The van der Waals surface area contributed by atoms with Crippen LogP contribution in [-0.2, 0) is 16.0 Å². The molecule has 1 atom stereocenters. The smallest absolute Gasteiger partial charge is 0.228 e.